The van der Waals surface area contributed by atoms with E-state index in [1.807, 2.05) is 24.3 Å². The highest BCUT2D eigenvalue weighted by atomic mass is 16.5. The molecule has 1 fully saturated rings. The van der Waals surface area contributed by atoms with Gasteiger partial charge in [-0.05, 0) is 31.5 Å². The highest BCUT2D eigenvalue weighted by Gasteiger charge is 2.24. The molecule has 1 aliphatic rings. The maximum atomic E-state index is 12.3. The van der Waals surface area contributed by atoms with Crippen molar-refractivity contribution < 1.29 is 9.53 Å². The van der Waals surface area contributed by atoms with Gasteiger partial charge >= 0.3 is 6.03 Å². The molecular weight excluding hydrogens is 304 g/mol. The number of pyridine rings is 1. The van der Waals surface area contributed by atoms with Crippen LogP contribution in [0.5, 0.6) is 0 Å². The molecule has 2 N–H and O–H groups in total. The van der Waals surface area contributed by atoms with Crippen LogP contribution in [0, 0.1) is 0 Å². The molecule has 2 amide bonds. The highest BCUT2D eigenvalue weighted by molar-refractivity contribution is 6.01. The van der Waals surface area contributed by atoms with Gasteiger partial charge in [-0.15, -0.1) is 0 Å². The quantitative estimate of drug-likeness (QED) is 0.855. The molecule has 1 aromatic carbocycles. The standard InChI is InChI=1S/C18H24N4O2/c1-24-11-10-22-9-3-5-15(22)13-20-18(23)21-17-6-2-4-14-12-19-8-7-16(14)17/h2,4,6-8,12,15H,3,5,9-11,13H2,1H3,(H2,20,21,23). The normalized spacial score (nSPS) is 18.0. The van der Waals surface area contributed by atoms with E-state index in [0.29, 0.717) is 12.6 Å². The number of carbonyl (C=O) groups is 1. The van der Waals surface area contributed by atoms with Crippen molar-refractivity contribution in [3.05, 3.63) is 36.7 Å². The van der Waals surface area contributed by atoms with Gasteiger partial charge in [0.2, 0.25) is 0 Å². The Bertz CT molecular complexity index is 686. The Hall–Kier alpha value is -2.18. The summed E-state index contributed by atoms with van der Waals surface area (Å²) >= 11 is 0. The predicted octanol–water partition coefficient (Wildman–Crippen LogP) is 2.47. The van der Waals surface area contributed by atoms with Crippen LogP contribution in [0.15, 0.2) is 36.7 Å². The van der Waals surface area contributed by atoms with Crippen molar-refractivity contribution in [2.75, 3.05) is 38.7 Å². The second-order valence-electron chi connectivity index (χ2n) is 6.06. The second kappa shape index (κ2) is 8.08. The van der Waals surface area contributed by atoms with E-state index in [1.54, 1.807) is 19.5 Å². The number of benzene rings is 1. The molecule has 0 spiro atoms. The van der Waals surface area contributed by atoms with Gasteiger partial charge in [0, 0.05) is 49.4 Å². The van der Waals surface area contributed by atoms with Crippen LogP contribution in [0.1, 0.15) is 12.8 Å². The van der Waals surface area contributed by atoms with E-state index in [2.05, 4.69) is 20.5 Å². The Morgan fingerprint density at radius 1 is 1.42 bits per heavy atom. The van der Waals surface area contributed by atoms with E-state index < -0.39 is 0 Å². The third kappa shape index (κ3) is 4.01. The molecule has 0 aliphatic carbocycles. The Kier molecular flexibility index (Phi) is 5.61. The largest absolute Gasteiger partial charge is 0.383 e. The molecule has 0 saturated carbocycles. The number of anilines is 1. The van der Waals surface area contributed by atoms with Crippen LogP contribution < -0.4 is 10.6 Å². The monoisotopic (exact) mass is 328 g/mol. The number of methoxy groups -OCH3 is 1. The maximum absolute atomic E-state index is 12.3. The number of fused-ring (bicyclic) bond motifs is 1. The van der Waals surface area contributed by atoms with Gasteiger partial charge in [0.1, 0.15) is 0 Å². The number of carbonyl (C=O) groups excluding carboxylic acids is 1. The SMILES string of the molecule is COCCN1CCCC1CNC(=O)Nc1cccc2cnccc12. The lowest BCUT2D eigenvalue weighted by molar-refractivity contribution is 0.140. The molecule has 1 saturated heterocycles. The third-order valence-electron chi connectivity index (χ3n) is 4.51. The topological polar surface area (TPSA) is 66.5 Å². The van der Waals surface area contributed by atoms with Crippen molar-refractivity contribution in [1.82, 2.24) is 15.2 Å². The lowest BCUT2D eigenvalue weighted by Crippen LogP contribution is -2.42. The van der Waals surface area contributed by atoms with Crippen LogP contribution >= 0.6 is 0 Å². The molecule has 6 heteroatoms. The number of nitrogens with one attached hydrogen (secondary N) is 2. The average molecular weight is 328 g/mol. The Labute approximate surface area is 142 Å². The van der Waals surface area contributed by atoms with Crippen molar-refractivity contribution in [2.45, 2.75) is 18.9 Å². The van der Waals surface area contributed by atoms with Crippen molar-refractivity contribution in [3.63, 3.8) is 0 Å². The number of hydrogen-bond donors (Lipinski definition) is 2. The van der Waals surface area contributed by atoms with Crippen LogP contribution in [0.4, 0.5) is 10.5 Å². The van der Waals surface area contributed by atoms with Crippen molar-refractivity contribution >= 4 is 22.5 Å². The summed E-state index contributed by atoms with van der Waals surface area (Å²) in [5, 5.41) is 7.94. The highest BCUT2D eigenvalue weighted by Crippen LogP contribution is 2.22. The Morgan fingerprint density at radius 2 is 2.33 bits per heavy atom. The smallest absolute Gasteiger partial charge is 0.319 e. The molecule has 3 rings (SSSR count). The van der Waals surface area contributed by atoms with Gasteiger partial charge in [-0.2, -0.15) is 0 Å². The van der Waals surface area contributed by atoms with Gasteiger partial charge in [-0.25, -0.2) is 4.79 Å². The lowest BCUT2D eigenvalue weighted by Gasteiger charge is -2.24. The van der Waals surface area contributed by atoms with Crippen molar-refractivity contribution in [3.8, 4) is 0 Å². The summed E-state index contributed by atoms with van der Waals surface area (Å²) in [5.41, 5.74) is 0.801. The number of rotatable bonds is 6. The minimum Gasteiger partial charge on any atom is -0.383 e. The zero-order chi connectivity index (χ0) is 16.8. The number of nitrogens with zero attached hydrogens (tertiary/aromatic N) is 2. The summed E-state index contributed by atoms with van der Waals surface area (Å²) < 4.78 is 5.15. The number of amides is 2. The molecular formula is C18H24N4O2. The van der Waals surface area contributed by atoms with Gasteiger partial charge in [0.05, 0.1) is 12.3 Å². The molecule has 1 atom stereocenters. The maximum Gasteiger partial charge on any atom is 0.319 e. The van der Waals surface area contributed by atoms with Crippen LogP contribution in [0.3, 0.4) is 0 Å². The number of hydrogen-bond acceptors (Lipinski definition) is 4. The van der Waals surface area contributed by atoms with E-state index in [-0.39, 0.29) is 6.03 Å². The molecule has 6 nitrogen and oxygen atoms in total. The summed E-state index contributed by atoms with van der Waals surface area (Å²) in [4.78, 5) is 18.7. The van der Waals surface area contributed by atoms with Gasteiger partial charge in [0.25, 0.3) is 0 Å². The number of likely N-dealkylation sites (tertiary alicyclic amines) is 1. The van der Waals surface area contributed by atoms with Crippen LogP contribution in [0.2, 0.25) is 0 Å². The Balaban J connectivity index is 1.55. The van der Waals surface area contributed by atoms with Crippen LogP contribution in [-0.2, 0) is 4.74 Å². The number of aromatic nitrogens is 1. The molecule has 1 unspecified atom stereocenters. The molecule has 2 aromatic rings. The molecule has 24 heavy (non-hydrogen) atoms. The minimum atomic E-state index is -0.169. The van der Waals surface area contributed by atoms with Crippen molar-refractivity contribution in [1.29, 1.82) is 0 Å². The van der Waals surface area contributed by atoms with E-state index in [1.165, 1.54) is 6.42 Å². The average Bonchev–Trinajstić information content (AvgIpc) is 3.06. The first-order valence-electron chi connectivity index (χ1n) is 8.38. The van der Waals surface area contributed by atoms with Crippen molar-refractivity contribution in [2.24, 2.45) is 0 Å². The molecule has 1 aromatic heterocycles. The third-order valence-corrected chi connectivity index (χ3v) is 4.51. The van der Waals surface area contributed by atoms with Crippen LogP contribution in [-0.4, -0.2) is 55.3 Å². The lowest BCUT2D eigenvalue weighted by atomic mass is 10.1. The van der Waals surface area contributed by atoms with Gasteiger partial charge in [-0.3, -0.25) is 9.88 Å². The summed E-state index contributed by atoms with van der Waals surface area (Å²) in [7, 11) is 1.72. The van der Waals surface area contributed by atoms with Gasteiger partial charge in [0.15, 0.2) is 0 Å². The zero-order valence-corrected chi connectivity index (χ0v) is 14.0. The molecule has 128 valence electrons. The summed E-state index contributed by atoms with van der Waals surface area (Å²) in [6, 6.07) is 7.94. The fraction of sp³-hybridized carbons (Fsp3) is 0.444. The van der Waals surface area contributed by atoms with E-state index in [0.717, 1.165) is 42.6 Å². The number of ether oxygens (including phenoxy) is 1. The Morgan fingerprint density at radius 3 is 3.21 bits per heavy atom. The zero-order valence-electron chi connectivity index (χ0n) is 14.0. The fourth-order valence-corrected chi connectivity index (χ4v) is 3.24. The molecule has 2 heterocycles. The first-order valence-corrected chi connectivity index (χ1v) is 8.38. The first-order chi connectivity index (χ1) is 11.8. The van der Waals surface area contributed by atoms with E-state index in [4.69, 9.17) is 4.74 Å². The van der Waals surface area contributed by atoms with E-state index in [9.17, 15) is 4.79 Å². The summed E-state index contributed by atoms with van der Waals surface area (Å²) in [6.45, 7) is 3.38. The van der Waals surface area contributed by atoms with Gasteiger partial charge < -0.3 is 15.4 Å². The van der Waals surface area contributed by atoms with E-state index >= 15 is 0 Å². The van der Waals surface area contributed by atoms with Crippen LogP contribution in [0.25, 0.3) is 10.8 Å². The summed E-state index contributed by atoms with van der Waals surface area (Å²) in [6.07, 6.45) is 5.82. The molecule has 1 aliphatic heterocycles. The molecule has 0 radical (unpaired) electrons. The molecule has 0 bridgehead atoms. The first kappa shape index (κ1) is 16.7. The number of urea groups is 1. The fourth-order valence-electron chi connectivity index (χ4n) is 3.24. The minimum absolute atomic E-state index is 0.169. The second-order valence-corrected chi connectivity index (χ2v) is 6.06. The van der Waals surface area contributed by atoms with Gasteiger partial charge in [-0.1, -0.05) is 12.1 Å². The summed E-state index contributed by atoms with van der Waals surface area (Å²) in [5.74, 6) is 0. The predicted molar refractivity (Wildman–Crippen MR) is 95.2 cm³/mol.